The number of carbonyl (C=O) groups is 1. The highest BCUT2D eigenvalue weighted by Gasteiger charge is 1.94. The van der Waals surface area contributed by atoms with Crippen molar-refractivity contribution in [3.8, 4) is 0 Å². The molecule has 0 saturated carbocycles. The summed E-state index contributed by atoms with van der Waals surface area (Å²) in [6.45, 7) is 2.28. The maximum atomic E-state index is 10.5. The molecule has 0 unspecified atom stereocenters. The third-order valence-electron chi connectivity index (χ3n) is 4.26. The van der Waals surface area contributed by atoms with Gasteiger partial charge in [0.2, 0.25) is 5.91 Å². The fourth-order valence-electron chi connectivity index (χ4n) is 2.83. The fourth-order valence-corrected chi connectivity index (χ4v) is 2.83. The van der Waals surface area contributed by atoms with Gasteiger partial charge in [0.25, 0.3) is 0 Å². The van der Waals surface area contributed by atoms with E-state index in [9.17, 15) is 4.79 Å². The van der Waals surface area contributed by atoms with Crippen molar-refractivity contribution in [3.05, 3.63) is 12.2 Å². The van der Waals surface area contributed by atoms with Gasteiger partial charge in [-0.15, -0.1) is 0 Å². The van der Waals surface area contributed by atoms with E-state index >= 15 is 0 Å². The summed E-state index contributed by atoms with van der Waals surface area (Å²) >= 11 is 0. The Hall–Kier alpha value is -0.790. The van der Waals surface area contributed by atoms with E-state index in [-0.39, 0.29) is 5.91 Å². The van der Waals surface area contributed by atoms with Crippen LogP contribution in [-0.2, 0) is 4.79 Å². The van der Waals surface area contributed by atoms with Crippen LogP contribution in [0.15, 0.2) is 12.2 Å². The van der Waals surface area contributed by atoms with E-state index in [1.54, 1.807) is 0 Å². The summed E-state index contributed by atoms with van der Waals surface area (Å²) in [6.07, 6.45) is 25.2. The van der Waals surface area contributed by atoms with Crippen LogP contribution in [0.4, 0.5) is 0 Å². The lowest BCUT2D eigenvalue weighted by molar-refractivity contribution is -0.113. The Morgan fingerprint density at radius 1 is 0.682 bits per heavy atom. The highest BCUT2D eigenvalue weighted by atomic mass is 16.1. The number of rotatable bonds is 17. The van der Waals surface area contributed by atoms with E-state index in [1.807, 2.05) is 6.08 Å². The molecule has 2 heteroatoms. The smallest absolute Gasteiger partial charge is 0.241 e. The van der Waals surface area contributed by atoms with Gasteiger partial charge in [0.15, 0.2) is 0 Å². The van der Waals surface area contributed by atoms with Crippen molar-refractivity contribution in [2.24, 2.45) is 5.73 Å². The molecule has 0 saturated heterocycles. The number of carbonyl (C=O) groups excluding carboxylic acids is 1. The van der Waals surface area contributed by atoms with Crippen molar-refractivity contribution in [2.45, 2.75) is 110 Å². The molecule has 0 aromatic rings. The summed E-state index contributed by atoms with van der Waals surface area (Å²) in [5.74, 6) is -0.332. The number of hydrogen-bond donors (Lipinski definition) is 1. The van der Waals surface area contributed by atoms with Crippen molar-refractivity contribution in [1.29, 1.82) is 0 Å². The predicted molar refractivity (Wildman–Crippen MR) is 97.9 cm³/mol. The Balaban J connectivity index is 3.01. The summed E-state index contributed by atoms with van der Waals surface area (Å²) in [7, 11) is 0. The summed E-state index contributed by atoms with van der Waals surface area (Å²) in [4.78, 5) is 10.5. The fraction of sp³-hybridized carbons (Fsp3) is 0.850. The normalized spacial score (nSPS) is 11.3. The van der Waals surface area contributed by atoms with Crippen molar-refractivity contribution >= 4 is 5.91 Å². The largest absolute Gasteiger partial charge is 0.366 e. The molecule has 2 N–H and O–H groups in total. The van der Waals surface area contributed by atoms with Gasteiger partial charge >= 0.3 is 0 Å². The lowest BCUT2D eigenvalue weighted by atomic mass is 10.0. The topological polar surface area (TPSA) is 43.1 Å². The van der Waals surface area contributed by atoms with Crippen LogP contribution in [0.5, 0.6) is 0 Å². The van der Waals surface area contributed by atoms with Crippen LogP contribution in [0.25, 0.3) is 0 Å². The first-order chi connectivity index (χ1) is 10.8. The molecule has 0 rings (SSSR count). The van der Waals surface area contributed by atoms with Crippen LogP contribution in [0, 0.1) is 0 Å². The van der Waals surface area contributed by atoms with Gasteiger partial charge in [-0.1, -0.05) is 103 Å². The zero-order chi connectivity index (χ0) is 16.3. The van der Waals surface area contributed by atoms with E-state index in [2.05, 4.69) is 6.92 Å². The number of nitrogens with two attached hydrogens (primary N) is 1. The standard InChI is InChI=1S/C20H39NO/c1-2-3-4-5-6-7-8-9-10-11-12-13-14-15-16-17-18-19-20(21)22/h18-19H,2-17H2,1H3,(H2,21,22)/b19-18+. The molecular formula is C20H39NO. The molecule has 0 fully saturated rings. The van der Waals surface area contributed by atoms with E-state index in [4.69, 9.17) is 5.73 Å². The number of allylic oxidation sites excluding steroid dienone is 1. The Morgan fingerprint density at radius 3 is 1.41 bits per heavy atom. The average molecular weight is 310 g/mol. The number of unbranched alkanes of at least 4 members (excludes halogenated alkanes) is 15. The van der Waals surface area contributed by atoms with E-state index in [0.29, 0.717) is 0 Å². The van der Waals surface area contributed by atoms with E-state index < -0.39 is 0 Å². The second kappa shape index (κ2) is 18.3. The van der Waals surface area contributed by atoms with Gasteiger partial charge in [-0.3, -0.25) is 4.79 Å². The highest BCUT2D eigenvalue weighted by molar-refractivity contribution is 5.85. The minimum atomic E-state index is -0.332. The highest BCUT2D eigenvalue weighted by Crippen LogP contribution is 2.13. The zero-order valence-electron chi connectivity index (χ0n) is 15.0. The Kier molecular flexibility index (Phi) is 17.6. The lowest BCUT2D eigenvalue weighted by Gasteiger charge is -2.03. The first-order valence-corrected chi connectivity index (χ1v) is 9.73. The molecular weight excluding hydrogens is 270 g/mol. The van der Waals surface area contributed by atoms with Crippen molar-refractivity contribution in [2.75, 3.05) is 0 Å². The van der Waals surface area contributed by atoms with Crippen LogP contribution in [0.3, 0.4) is 0 Å². The number of hydrogen-bond acceptors (Lipinski definition) is 1. The van der Waals surface area contributed by atoms with Crippen LogP contribution in [0.2, 0.25) is 0 Å². The molecule has 0 bridgehead atoms. The van der Waals surface area contributed by atoms with E-state index in [1.165, 1.54) is 102 Å². The molecule has 0 aliphatic heterocycles. The number of primary amides is 1. The van der Waals surface area contributed by atoms with Crippen molar-refractivity contribution in [1.82, 2.24) is 0 Å². The summed E-state index contributed by atoms with van der Waals surface area (Å²) in [5, 5.41) is 0. The first-order valence-electron chi connectivity index (χ1n) is 9.73. The molecule has 22 heavy (non-hydrogen) atoms. The lowest BCUT2D eigenvalue weighted by Crippen LogP contribution is -2.05. The summed E-state index contributed by atoms with van der Waals surface area (Å²) in [5.41, 5.74) is 5.03. The molecule has 0 atom stereocenters. The van der Waals surface area contributed by atoms with Gasteiger partial charge in [0.05, 0.1) is 0 Å². The molecule has 0 spiro atoms. The molecule has 0 aromatic heterocycles. The molecule has 0 aliphatic rings. The SMILES string of the molecule is CCCCCCCCCCCCCCCCC/C=C/C(N)=O. The Labute approximate surface area is 138 Å². The average Bonchev–Trinajstić information content (AvgIpc) is 2.50. The van der Waals surface area contributed by atoms with Gasteiger partial charge in [-0.25, -0.2) is 0 Å². The zero-order valence-corrected chi connectivity index (χ0v) is 15.0. The van der Waals surface area contributed by atoms with Gasteiger partial charge in [0, 0.05) is 0 Å². The summed E-state index contributed by atoms with van der Waals surface area (Å²) in [6, 6.07) is 0. The van der Waals surface area contributed by atoms with Crippen LogP contribution in [0.1, 0.15) is 110 Å². The molecule has 0 heterocycles. The van der Waals surface area contributed by atoms with Crippen LogP contribution in [-0.4, -0.2) is 5.91 Å². The quantitative estimate of drug-likeness (QED) is 0.249. The van der Waals surface area contributed by atoms with Crippen LogP contribution >= 0.6 is 0 Å². The molecule has 2 nitrogen and oxygen atoms in total. The maximum absolute atomic E-state index is 10.5. The maximum Gasteiger partial charge on any atom is 0.241 e. The second-order valence-corrected chi connectivity index (χ2v) is 6.54. The predicted octanol–water partition coefficient (Wildman–Crippen LogP) is 6.29. The molecule has 0 aromatic carbocycles. The molecule has 130 valence electrons. The van der Waals surface area contributed by atoms with Gasteiger partial charge in [0.1, 0.15) is 0 Å². The van der Waals surface area contributed by atoms with Gasteiger partial charge < -0.3 is 5.73 Å². The third-order valence-corrected chi connectivity index (χ3v) is 4.26. The van der Waals surface area contributed by atoms with Crippen molar-refractivity contribution in [3.63, 3.8) is 0 Å². The Bertz CT molecular complexity index is 260. The third kappa shape index (κ3) is 19.2. The minimum absolute atomic E-state index is 0.332. The minimum Gasteiger partial charge on any atom is -0.366 e. The van der Waals surface area contributed by atoms with Gasteiger partial charge in [-0.2, -0.15) is 0 Å². The second-order valence-electron chi connectivity index (χ2n) is 6.54. The first kappa shape index (κ1) is 21.2. The molecule has 0 aliphatic carbocycles. The van der Waals surface area contributed by atoms with Crippen LogP contribution < -0.4 is 5.73 Å². The molecule has 1 amide bonds. The molecule has 0 radical (unpaired) electrons. The Morgan fingerprint density at radius 2 is 1.05 bits per heavy atom. The monoisotopic (exact) mass is 309 g/mol. The van der Waals surface area contributed by atoms with Gasteiger partial charge in [-0.05, 0) is 18.9 Å². The van der Waals surface area contributed by atoms with Crippen molar-refractivity contribution < 1.29 is 4.79 Å². The number of amides is 1. The van der Waals surface area contributed by atoms with E-state index in [0.717, 1.165) is 6.42 Å². The summed E-state index contributed by atoms with van der Waals surface area (Å²) < 4.78 is 0.